The largest absolute Gasteiger partial charge is 0.481 e. The summed E-state index contributed by atoms with van der Waals surface area (Å²) in [5, 5.41) is 8.55. The maximum absolute atomic E-state index is 11.8. The summed E-state index contributed by atoms with van der Waals surface area (Å²) in [7, 11) is 0. The van der Waals surface area contributed by atoms with Gasteiger partial charge in [-0.15, -0.1) is 0 Å². The van der Waals surface area contributed by atoms with Gasteiger partial charge in [0.1, 0.15) is 5.76 Å². The molecule has 0 fully saturated rings. The van der Waals surface area contributed by atoms with Crippen molar-refractivity contribution in [2.24, 2.45) is 0 Å². The second-order valence-electron chi connectivity index (χ2n) is 4.09. The summed E-state index contributed by atoms with van der Waals surface area (Å²) in [5.41, 5.74) is 0. The molecule has 0 bridgehead atoms. The van der Waals surface area contributed by atoms with Crippen molar-refractivity contribution in [1.82, 2.24) is 4.90 Å². The minimum Gasteiger partial charge on any atom is -0.481 e. The van der Waals surface area contributed by atoms with Crippen molar-refractivity contribution in [3.8, 4) is 0 Å². The predicted octanol–water partition coefficient (Wildman–Crippen LogP) is 1.88. The second kappa shape index (κ2) is 6.08. The molecule has 94 valence electrons. The number of nitrogens with zero attached hydrogens (tertiary/aromatic N) is 1. The third-order valence-corrected chi connectivity index (χ3v) is 2.40. The lowest BCUT2D eigenvalue weighted by atomic mass is 10.2. The first kappa shape index (κ1) is 13.3. The van der Waals surface area contributed by atoms with E-state index in [-0.39, 0.29) is 24.8 Å². The predicted molar refractivity (Wildman–Crippen MR) is 61.3 cm³/mol. The Kier molecular flexibility index (Phi) is 4.75. The lowest BCUT2D eigenvalue weighted by Crippen LogP contribution is -2.36. The Morgan fingerprint density at radius 3 is 2.59 bits per heavy atom. The van der Waals surface area contributed by atoms with Gasteiger partial charge in [-0.1, -0.05) is 0 Å². The number of furan rings is 1. The molecule has 17 heavy (non-hydrogen) atoms. The van der Waals surface area contributed by atoms with Gasteiger partial charge in [0, 0.05) is 12.5 Å². The van der Waals surface area contributed by atoms with Gasteiger partial charge in [0.05, 0.1) is 19.2 Å². The lowest BCUT2D eigenvalue weighted by Gasteiger charge is -2.25. The molecule has 5 nitrogen and oxygen atoms in total. The highest BCUT2D eigenvalue weighted by Crippen LogP contribution is 2.11. The summed E-state index contributed by atoms with van der Waals surface area (Å²) < 4.78 is 5.18. The average molecular weight is 239 g/mol. The van der Waals surface area contributed by atoms with Crippen molar-refractivity contribution >= 4 is 11.9 Å². The van der Waals surface area contributed by atoms with Crippen molar-refractivity contribution in [2.75, 3.05) is 0 Å². The van der Waals surface area contributed by atoms with E-state index in [9.17, 15) is 9.59 Å². The lowest BCUT2D eigenvalue weighted by molar-refractivity contribution is -0.141. The topological polar surface area (TPSA) is 70.8 Å². The number of carboxylic acids is 1. The van der Waals surface area contributed by atoms with E-state index in [2.05, 4.69) is 0 Å². The monoisotopic (exact) mass is 239 g/mol. The highest BCUT2D eigenvalue weighted by Gasteiger charge is 2.18. The molecule has 0 aliphatic heterocycles. The van der Waals surface area contributed by atoms with E-state index in [4.69, 9.17) is 9.52 Å². The fourth-order valence-electron chi connectivity index (χ4n) is 1.49. The Bertz CT molecular complexity index is 370. The Hall–Kier alpha value is -1.78. The van der Waals surface area contributed by atoms with E-state index in [0.29, 0.717) is 12.3 Å². The van der Waals surface area contributed by atoms with Crippen LogP contribution in [-0.4, -0.2) is 27.9 Å². The number of aliphatic carboxylic acids is 1. The molecule has 0 spiro atoms. The first-order valence-electron chi connectivity index (χ1n) is 5.54. The van der Waals surface area contributed by atoms with Gasteiger partial charge < -0.3 is 14.4 Å². The normalized spacial score (nSPS) is 10.5. The van der Waals surface area contributed by atoms with Crippen LogP contribution in [0.4, 0.5) is 0 Å². The molecule has 0 atom stereocenters. The molecule has 0 saturated heterocycles. The molecule has 0 unspecified atom stereocenters. The Labute approximate surface area is 100 Å². The molecule has 0 saturated carbocycles. The number of carbonyl (C=O) groups excluding carboxylic acids is 1. The van der Waals surface area contributed by atoms with E-state index in [1.54, 1.807) is 23.3 Å². The zero-order chi connectivity index (χ0) is 12.8. The van der Waals surface area contributed by atoms with Gasteiger partial charge in [0.2, 0.25) is 5.91 Å². The van der Waals surface area contributed by atoms with E-state index in [0.717, 1.165) is 0 Å². The van der Waals surface area contributed by atoms with Crippen molar-refractivity contribution in [3.05, 3.63) is 24.2 Å². The molecular formula is C12H17NO4. The van der Waals surface area contributed by atoms with Crippen LogP contribution in [0.25, 0.3) is 0 Å². The third kappa shape index (κ3) is 4.30. The van der Waals surface area contributed by atoms with Gasteiger partial charge in [0.25, 0.3) is 0 Å². The molecule has 0 aliphatic rings. The van der Waals surface area contributed by atoms with Gasteiger partial charge in [-0.3, -0.25) is 9.59 Å². The summed E-state index contributed by atoms with van der Waals surface area (Å²) in [6.07, 6.45) is 1.43. The van der Waals surface area contributed by atoms with Crippen molar-refractivity contribution in [2.45, 2.75) is 39.3 Å². The SMILES string of the molecule is CC(C)N(Cc1ccco1)C(=O)CCC(=O)O. The number of carbonyl (C=O) groups is 2. The first-order valence-corrected chi connectivity index (χ1v) is 5.54. The molecule has 0 aliphatic carbocycles. The Balaban J connectivity index is 2.59. The molecule has 0 aromatic carbocycles. The van der Waals surface area contributed by atoms with Crippen LogP contribution in [0, 0.1) is 0 Å². The maximum atomic E-state index is 11.8. The average Bonchev–Trinajstić information content (AvgIpc) is 2.74. The van der Waals surface area contributed by atoms with Crippen molar-refractivity contribution < 1.29 is 19.1 Å². The molecule has 1 N–H and O–H groups in total. The van der Waals surface area contributed by atoms with E-state index < -0.39 is 5.97 Å². The van der Waals surface area contributed by atoms with Crippen LogP contribution >= 0.6 is 0 Å². The summed E-state index contributed by atoms with van der Waals surface area (Å²) in [4.78, 5) is 23.9. The van der Waals surface area contributed by atoms with Crippen molar-refractivity contribution in [1.29, 1.82) is 0 Å². The fourth-order valence-corrected chi connectivity index (χ4v) is 1.49. The number of hydrogen-bond donors (Lipinski definition) is 1. The van der Waals surface area contributed by atoms with E-state index in [1.165, 1.54) is 0 Å². The van der Waals surface area contributed by atoms with Crippen LogP contribution in [0.2, 0.25) is 0 Å². The zero-order valence-corrected chi connectivity index (χ0v) is 10.0. The standard InChI is InChI=1S/C12H17NO4/c1-9(2)13(8-10-4-3-7-17-10)11(14)5-6-12(15)16/h3-4,7,9H,5-6,8H2,1-2H3,(H,15,16). The fraction of sp³-hybridized carbons (Fsp3) is 0.500. The van der Waals surface area contributed by atoms with Crippen LogP contribution in [0.3, 0.4) is 0 Å². The minimum absolute atomic E-state index is 0.0152. The van der Waals surface area contributed by atoms with E-state index >= 15 is 0 Å². The minimum atomic E-state index is -0.958. The van der Waals surface area contributed by atoms with Gasteiger partial charge >= 0.3 is 5.97 Å². The third-order valence-electron chi connectivity index (χ3n) is 2.40. The van der Waals surface area contributed by atoms with E-state index in [1.807, 2.05) is 13.8 Å². The summed E-state index contributed by atoms with van der Waals surface area (Å²) in [5.74, 6) is -0.429. The summed E-state index contributed by atoms with van der Waals surface area (Å²) in [6.45, 7) is 4.16. The number of hydrogen-bond acceptors (Lipinski definition) is 3. The molecule has 1 heterocycles. The summed E-state index contributed by atoms with van der Waals surface area (Å²) in [6, 6.07) is 3.57. The van der Waals surface area contributed by atoms with Gasteiger partial charge in [0.15, 0.2) is 0 Å². The molecule has 1 amide bonds. The molecule has 5 heteroatoms. The number of carboxylic acid groups (broad SMARTS) is 1. The van der Waals surface area contributed by atoms with Gasteiger partial charge in [-0.05, 0) is 26.0 Å². The van der Waals surface area contributed by atoms with Crippen LogP contribution in [0.5, 0.6) is 0 Å². The quantitative estimate of drug-likeness (QED) is 0.822. The highest BCUT2D eigenvalue weighted by molar-refractivity contribution is 5.80. The molecular weight excluding hydrogens is 222 g/mol. The van der Waals surface area contributed by atoms with Crippen LogP contribution < -0.4 is 0 Å². The van der Waals surface area contributed by atoms with Crippen molar-refractivity contribution in [3.63, 3.8) is 0 Å². The molecule has 0 radical (unpaired) electrons. The zero-order valence-electron chi connectivity index (χ0n) is 10.0. The van der Waals surface area contributed by atoms with Gasteiger partial charge in [-0.25, -0.2) is 0 Å². The maximum Gasteiger partial charge on any atom is 0.303 e. The highest BCUT2D eigenvalue weighted by atomic mass is 16.4. The molecule has 1 aromatic heterocycles. The van der Waals surface area contributed by atoms with Gasteiger partial charge in [-0.2, -0.15) is 0 Å². The Morgan fingerprint density at radius 1 is 1.41 bits per heavy atom. The first-order chi connectivity index (χ1) is 8.00. The number of rotatable bonds is 6. The Morgan fingerprint density at radius 2 is 2.12 bits per heavy atom. The smallest absolute Gasteiger partial charge is 0.303 e. The number of amides is 1. The van der Waals surface area contributed by atoms with Crippen LogP contribution in [0.1, 0.15) is 32.4 Å². The summed E-state index contributed by atoms with van der Waals surface area (Å²) >= 11 is 0. The molecule has 1 aromatic rings. The molecule has 1 rings (SSSR count). The van der Waals surface area contributed by atoms with Crippen LogP contribution in [-0.2, 0) is 16.1 Å². The second-order valence-corrected chi connectivity index (χ2v) is 4.09. The van der Waals surface area contributed by atoms with Crippen LogP contribution in [0.15, 0.2) is 22.8 Å².